The number of anilines is 1. The Balaban J connectivity index is 1.38. The molecule has 5 heteroatoms. The Labute approximate surface area is 180 Å². The first-order chi connectivity index (χ1) is 15.1. The van der Waals surface area contributed by atoms with Crippen molar-refractivity contribution < 1.29 is 19.1 Å². The molecule has 0 radical (unpaired) electrons. The summed E-state index contributed by atoms with van der Waals surface area (Å²) in [6, 6.07) is 29.4. The lowest BCUT2D eigenvalue weighted by atomic mass is 10.1. The van der Waals surface area contributed by atoms with Gasteiger partial charge >= 0.3 is 5.97 Å². The third kappa shape index (κ3) is 4.90. The lowest BCUT2D eigenvalue weighted by Gasteiger charge is -2.15. The van der Waals surface area contributed by atoms with Crippen LogP contribution in [0.1, 0.15) is 17.3 Å². The Bertz CT molecular complexity index is 1200. The van der Waals surface area contributed by atoms with Gasteiger partial charge in [0.25, 0.3) is 5.91 Å². The molecule has 0 fully saturated rings. The van der Waals surface area contributed by atoms with Gasteiger partial charge in [-0.2, -0.15) is 0 Å². The molecule has 4 rings (SSSR count). The molecule has 0 aliphatic heterocycles. The number of carbonyl (C=O) groups is 2. The fourth-order valence-corrected chi connectivity index (χ4v) is 3.13. The highest BCUT2D eigenvalue weighted by molar-refractivity contribution is 6.04. The van der Waals surface area contributed by atoms with Crippen LogP contribution in [0.3, 0.4) is 0 Å². The number of fused-ring (bicyclic) bond motifs is 1. The van der Waals surface area contributed by atoms with Gasteiger partial charge in [0.15, 0.2) is 6.10 Å². The van der Waals surface area contributed by atoms with E-state index >= 15 is 0 Å². The molecular weight excluding hydrogens is 390 g/mol. The van der Waals surface area contributed by atoms with E-state index in [0.717, 1.165) is 10.8 Å². The molecule has 1 amide bonds. The molecule has 0 aliphatic rings. The Morgan fingerprint density at radius 2 is 1.39 bits per heavy atom. The predicted octanol–water partition coefficient (Wildman–Crippen LogP) is 5.82. The number of nitrogens with one attached hydrogen (secondary N) is 1. The third-order valence-corrected chi connectivity index (χ3v) is 4.77. The van der Waals surface area contributed by atoms with Crippen LogP contribution < -0.4 is 10.1 Å². The van der Waals surface area contributed by atoms with Crippen LogP contribution >= 0.6 is 0 Å². The van der Waals surface area contributed by atoms with Crippen LogP contribution in [0.5, 0.6) is 11.5 Å². The fraction of sp³-hybridized carbons (Fsp3) is 0.0769. The highest BCUT2D eigenvalue weighted by atomic mass is 16.5. The van der Waals surface area contributed by atoms with Crippen LogP contribution in [-0.4, -0.2) is 18.0 Å². The van der Waals surface area contributed by atoms with E-state index in [1.165, 1.54) is 0 Å². The van der Waals surface area contributed by atoms with E-state index in [4.69, 9.17) is 9.47 Å². The predicted molar refractivity (Wildman–Crippen MR) is 120 cm³/mol. The summed E-state index contributed by atoms with van der Waals surface area (Å²) in [6.45, 7) is 1.55. The average molecular weight is 411 g/mol. The minimum Gasteiger partial charge on any atom is -0.457 e. The lowest BCUT2D eigenvalue weighted by Crippen LogP contribution is -2.30. The number of para-hydroxylation sites is 1. The van der Waals surface area contributed by atoms with Gasteiger partial charge in [-0.3, -0.25) is 4.79 Å². The molecule has 0 bridgehead atoms. The van der Waals surface area contributed by atoms with E-state index in [0.29, 0.717) is 22.7 Å². The second-order valence-electron chi connectivity index (χ2n) is 7.00. The zero-order valence-electron chi connectivity index (χ0n) is 16.9. The first-order valence-electron chi connectivity index (χ1n) is 9.93. The van der Waals surface area contributed by atoms with Crippen LogP contribution in [-0.2, 0) is 9.53 Å². The Morgan fingerprint density at radius 3 is 2.16 bits per heavy atom. The van der Waals surface area contributed by atoms with Gasteiger partial charge in [-0.15, -0.1) is 0 Å². The van der Waals surface area contributed by atoms with E-state index in [9.17, 15) is 9.59 Å². The number of esters is 1. The van der Waals surface area contributed by atoms with Crippen LogP contribution in [0.25, 0.3) is 10.8 Å². The summed E-state index contributed by atoms with van der Waals surface area (Å²) in [5.74, 6) is 0.335. The van der Waals surface area contributed by atoms with Crippen molar-refractivity contribution in [1.82, 2.24) is 0 Å². The number of hydrogen-bond donors (Lipinski definition) is 1. The minimum atomic E-state index is -0.952. The molecule has 1 atom stereocenters. The highest BCUT2D eigenvalue weighted by Crippen LogP contribution is 2.24. The van der Waals surface area contributed by atoms with Gasteiger partial charge in [0.2, 0.25) is 0 Å². The largest absolute Gasteiger partial charge is 0.457 e. The zero-order valence-corrected chi connectivity index (χ0v) is 16.9. The quantitative estimate of drug-likeness (QED) is 0.406. The van der Waals surface area contributed by atoms with Gasteiger partial charge in [-0.25, -0.2) is 4.79 Å². The maximum atomic E-state index is 12.6. The summed E-state index contributed by atoms with van der Waals surface area (Å²) in [4.78, 5) is 25.0. The second kappa shape index (κ2) is 9.13. The van der Waals surface area contributed by atoms with Crippen molar-refractivity contribution in [3.05, 3.63) is 103 Å². The van der Waals surface area contributed by atoms with E-state index in [-0.39, 0.29) is 0 Å². The Hall–Kier alpha value is -4.12. The third-order valence-electron chi connectivity index (χ3n) is 4.77. The molecule has 5 nitrogen and oxygen atoms in total. The first kappa shape index (κ1) is 20.2. The molecule has 0 spiro atoms. The van der Waals surface area contributed by atoms with Gasteiger partial charge in [-0.05, 0) is 54.8 Å². The molecule has 4 aromatic carbocycles. The summed E-state index contributed by atoms with van der Waals surface area (Å²) in [5.41, 5.74) is 1.01. The summed E-state index contributed by atoms with van der Waals surface area (Å²) in [6.07, 6.45) is -0.952. The summed E-state index contributed by atoms with van der Waals surface area (Å²) >= 11 is 0. The molecule has 1 N–H and O–H groups in total. The smallest absolute Gasteiger partial charge is 0.338 e. The van der Waals surface area contributed by atoms with Gasteiger partial charge < -0.3 is 14.8 Å². The van der Waals surface area contributed by atoms with E-state index in [1.54, 1.807) is 31.2 Å². The van der Waals surface area contributed by atoms with Gasteiger partial charge in [0.1, 0.15) is 11.5 Å². The number of ether oxygens (including phenoxy) is 2. The molecule has 154 valence electrons. The molecule has 4 aromatic rings. The summed E-state index contributed by atoms with van der Waals surface area (Å²) in [7, 11) is 0. The van der Waals surface area contributed by atoms with E-state index in [1.807, 2.05) is 72.8 Å². The zero-order chi connectivity index (χ0) is 21.6. The standard InChI is InChI=1S/C26H21NO4/c1-18(25(28)27-24-13-7-9-19-8-5-6-12-23(19)24)30-26(29)20-14-16-22(17-15-20)31-21-10-3-2-4-11-21/h2-18H,1H3,(H,27,28)/t18-/m1/s1. The fourth-order valence-electron chi connectivity index (χ4n) is 3.13. The topological polar surface area (TPSA) is 64.6 Å². The van der Waals surface area contributed by atoms with Crippen LogP contribution in [0.15, 0.2) is 97.1 Å². The van der Waals surface area contributed by atoms with Gasteiger partial charge in [-0.1, -0.05) is 54.6 Å². The molecule has 0 aromatic heterocycles. The molecule has 0 saturated heterocycles. The molecule has 0 unspecified atom stereocenters. The van der Waals surface area contributed by atoms with Gasteiger partial charge in [0.05, 0.1) is 5.56 Å². The minimum absolute atomic E-state index is 0.338. The number of benzene rings is 4. The highest BCUT2D eigenvalue weighted by Gasteiger charge is 2.19. The van der Waals surface area contributed by atoms with Crippen molar-refractivity contribution in [3.8, 4) is 11.5 Å². The number of carbonyl (C=O) groups excluding carboxylic acids is 2. The summed E-state index contributed by atoms with van der Waals surface area (Å²) < 4.78 is 11.1. The normalized spacial score (nSPS) is 11.5. The van der Waals surface area contributed by atoms with Crippen molar-refractivity contribution >= 4 is 28.3 Å². The van der Waals surface area contributed by atoms with Crippen molar-refractivity contribution in [2.75, 3.05) is 5.32 Å². The van der Waals surface area contributed by atoms with Crippen molar-refractivity contribution in [3.63, 3.8) is 0 Å². The maximum Gasteiger partial charge on any atom is 0.338 e. The maximum absolute atomic E-state index is 12.6. The van der Waals surface area contributed by atoms with Gasteiger partial charge in [0, 0.05) is 11.1 Å². The lowest BCUT2D eigenvalue weighted by molar-refractivity contribution is -0.123. The molecular formula is C26H21NO4. The molecule has 0 saturated carbocycles. The monoisotopic (exact) mass is 411 g/mol. The SMILES string of the molecule is C[C@@H](OC(=O)c1ccc(Oc2ccccc2)cc1)C(=O)Nc1cccc2ccccc12. The van der Waals surface area contributed by atoms with Crippen LogP contribution in [0.2, 0.25) is 0 Å². The number of rotatable bonds is 6. The van der Waals surface area contributed by atoms with Crippen LogP contribution in [0, 0.1) is 0 Å². The van der Waals surface area contributed by atoms with Crippen molar-refractivity contribution in [2.45, 2.75) is 13.0 Å². The summed E-state index contributed by atoms with van der Waals surface area (Å²) in [5, 5.41) is 4.78. The number of hydrogen-bond acceptors (Lipinski definition) is 4. The van der Waals surface area contributed by atoms with Crippen molar-refractivity contribution in [2.24, 2.45) is 0 Å². The molecule has 0 heterocycles. The second-order valence-corrected chi connectivity index (χ2v) is 7.00. The van der Waals surface area contributed by atoms with E-state index < -0.39 is 18.0 Å². The molecule has 0 aliphatic carbocycles. The average Bonchev–Trinajstić information content (AvgIpc) is 2.80. The molecule has 31 heavy (non-hydrogen) atoms. The number of amides is 1. The Morgan fingerprint density at radius 1 is 0.742 bits per heavy atom. The Kier molecular flexibility index (Phi) is 5.94. The van der Waals surface area contributed by atoms with E-state index in [2.05, 4.69) is 5.32 Å². The first-order valence-corrected chi connectivity index (χ1v) is 9.93. The van der Waals surface area contributed by atoms with Crippen LogP contribution in [0.4, 0.5) is 5.69 Å². The van der Waals surface area contributed by atoms with Crippen molar-refractivity contribution in [1.29, 1.82) is 0 Å².